The first-order chi connectivity index (χ1) is 13.9. The van der Waals surface area contributed by atoms with Gasteiger partial charge in [-0.3, -0.25) is 14.7 Å². The van der Waals surface area contributed by atoms with Crippen LogP contribution in [0.4, 0.5) is 4.39 Å². The van der Waals surface area contributed by atoms with Crippen molar-refractivity contribution in [3.8, 4) is 5.69 Å². The molecule has 150 valence electrons. The fraction of sp³-hybridized carbons (Fsp3) is 0.190. The normalized spacial score (nSPS) is 11.5. The van der Waals surface area contributed by atoms with Crippen LogP contribution in [0, 0.1) is 5.82 Å². The van der Waals surface area contributed by atoms with Gasteiger partial charge >= 0.3 is 0 Å². The Kier molecular flexibility index (Phi) is 6.43. The lowest BCUT2D eigenvalue weighted by atomic mass is 10.1. The van der Waals surface area contributed by atoms with Crippen LogP contribution in [-0.4, -0.2) is 21.4 Å². The van der Waals surface area contributed by atoms with E-state index >= 15 is 0 Å². The summed E-state index contributed by atoms with van der Waals surface area (Å²) in [6, 6.07) is 12.6. The minimum atomic E-state index is -0.386. The van der Waals surface area contributed by atoms with E-state index in [2.05, 4.69) is 31.6 Å². The van der Waals surface area contributed by atoms with E-state index in [0.717, 1.165) is 6.42 Å². The quantitative estimate of drug-likeness (QED) is 0.429. The smallest absolute Gasteiger partial charge is 0.280 e. The summed E-state index contributed by atoms with van der Waals surface area (Å²) in [6.07, 6.45) is 1.44. The number of carbonyl (C=O) groups is 1. The van der Waals surface area contributed by atoms with Crippen molar-refractivity contribution in [1.82, 2.24) is 15.2 Å². The topological polar surface area (TPSA) is 79.2 Å². The van der Waals surface area contributed by atoms with Crippen LogP contribution in [0.1, 0.15) is 41.9 Å². The Morgan fingerprint density at radius 2 is 1.90 bits per heavy atom. The number of nitrogens with one attached hydrogen (secondary N) is 2. The van der Waals surface area contributed by atoms with Gasteiger partial charge in [0, 0.05) is 10.2 Å². The number of hydrogen-bond donors (Lipinski definition) is 2. The summed E-state index contributed by atoms with van der Waals surface area (Å²) in [7, 11) is 0. The summed E-state index contributed by atoms with van der Waals surface area (Å²) in [4.78, 5) is 25.4. The number of hydrazone groups is 1. The average molecular weight is 459 g/mol. The fourth-order valence-corrected chi connectivity index (χ4v) is 3.42. The number of rotatable bonds is 6. The molecule has 1 heterocycles. The summed E-state index contributed by atoms with van der Waals surface area (Å²) < 4.78 is 15.2. The van der Waals surface area contributed by atoms with E-state index in [9.17, 15) is 14.0 Å². The molecule has 6 nitrogen and oxygen atoms in total. The monoisotopic (exact) mass is 458 g/mol. The summed E-state index contributed by atoms with van der Waals surface area (Å²) in [5.74, 6) is -0.766. The second kappa shape index (κ2) is 9.00. The van der Waals surface area contributed by atoms with E-state index in [0.29, 0.717) is 39.1 Å². The van der Waals surface area contributed by atoms with Gasteiger partial charge in [-0.15, -0.1) is 0 Å². The molecular weight excluding hydrogens is 439 g/mol. The third kappa shape index (κ3) is 4.54. The molecule has 29 heavy (non-hydrogen) atoms. The Bertz CT molecular complexity index is 1120. The first-order valence-corrected chi connectivity index (χ1v) is 9.91. The molecule has 0 saturated carbocycles. The molecule has 0 fully saturated rings. The summed E-state index contributed by atoms with van der Waals surface area (Å²) in [6.45, 7) is 3.66. The Morgan fingerprint density at radius 1 is 1.21 bits per heavy atom. The molecule has 8 heteroatoms. The minimum Gasteiger partial charge on any atom is -0.294 e. The highest BCUT2D eigenvalue weighted by Crippen LogP contribution is 2.16. The third-order valence-corrected chi connectivity index (χ3v) is 5.05. The molecule has 1 aromatic heterocycles. The van der Waals surface area contributed by atoms with Gasteiger partial charge < -0.3 is 0 Å². The van der Waals surface area contributed by atoms with Crippen molar-refractivity contribution in [1.29, 1.82) is 0 Å². The maximum absolute atomic E-state index is 13.2. The van der Waals surface area contributed by atoms with Crippen molar-refractivity contribution in [3.05, 3.63) is 86.0 Å². The molecule has 0 radical (unpaired) electrons. The molecule has 3 rings (SSSR count). The van der Waals surface area contributed by atoms with E-state index in [4.69, 9.17) is 0 Å². The van der Waals surface area contributed by atoms with E-state index in [1.54, 1.807) is 25.1 Å². The second-order valence-corrected chi connectivity index (χ2v) is 7.30. The van der Waals surface area contributed by atoms with Gasteiger partial charge in [-0.2, -0.15) is 5.10 Å². The van der Waals surface area contributed by atoms with Gasteiger partial charge in [-0.05, 0) is 65.7 Å². The van der Waals surface area contributed by atoms with Crippen LogP contribution in [0.15, 0.2) is 62.9 Å². The maximum atomic E-state index is 13.2. The van der Waals surface area contributed by atoms with E-state index in [-0.39, 0.29) is 17.3 Å². The van der Waals surface area contributed by atoms with Crippen LogP contribution < -0.4 is 11.0 Å². The molecule has 0 bridgehead atoms. The number of aromatic amines is 1. The predicted molar refractivity (Wildman–Crippen MR) is 114 cm³/mol. The molecule has 0 aliphatic carbocycles. The number of aryl methyl sites for hydroxylation is 1. The first-order valence-electron chi connectivity index (χ1n) is 9.11. The largest absolute Gasteiger partial charge is 0.294 e. The van der Waals surface area contributed by atoms with Crippen molar-refractivity contribution in [2.75, 3.05) is 0 Å². The van der Waals surface area contributed by atoms with Crippen molar-refractivity contribution < 1.29 is 9.18 Å². The van der Waals surface area contributed by atoms with Crippen LogP contribution >= 0.6 is 15.9 Å². The predicted octanol–water partition coefficient (Wildman–Crippen LogP) is 4.17. The molecule has 3 aromatic rings. The zero-order valence-corrected chi connectivity index (χ0v) is 17.6. The van der Waals surface area contributed by atoms with E-state index in [1.807, 2.05) is 13.0 Å². The lowest BCUT2D eigenvalue weighted by Crippen LogP contribution is -2.23. The van der Waals surface area contributed by atoms with E-state index < -0.39 is 0 Å². The third-order valence-electron chi connectivity index (χ3n) is 4.36. The number of nitrogens with zero attached hydrogens (tertiary/aromatic N) is 2. The number of carbonyl (C=O) groups excluding carboxylic acids is 1. The number of amides is 1. The van der Waals surface area contributed by atoms with Crippen molar-refractivity contribution >= 4 is 27.5 Å². The molecule has 2 aromatic carbocycles. The zero-order chi connectivity index (χ0) is 21.0. The van der Waals surface area contributed by atoms with Crippen LogP contribution in [-0.2, 0) is 6.42 Å². The summed E-state index contributed by atoms with van der Waals surface area (Å²) in [5, 5.41) is 7.22. The SMILES string of the molecule is CCCc1[nH]n(-c2ccc(F)cc2)c(=O)c1C(C)=NNC(=O)c1ccccc1Br. The highest BCUT2D eigenvalue weighted by atomic mass is 79.9. The lowest BCUT2D eigenvalue weighted by molar-refractivity contribution is 0.0954. The van der Waals surface area contributed by atoms with Gasteiger partial charge in [-0.1, -0.05) is 25.5 Å². The average Bonchev–Trinajstić information content (AvgIpc) is 3.03. The lowest BCUT2D eigenvalue weighted by Gasteiger charge is -2.04. The van der Waals surface area contributed by atoms with Gasteiger partial charge in [-0.25, -0.2) is 14.5 Å². The van der Waals surface area contributed by atoms with E-state index in [1.165, 1.54) is 28.9 Å². The van der Waals surface area contributed by atoms with Crippen molar-refractivity contribution in [3.63, 3.8) is 0 Å². The van der Waals surface area contributed by atoms with Gasteiger partial charge in [0.15, 0.2) is 0 Å². The zero-order valence-electron chi connectivity index (χ0n) is 16.0. The number of aromatic nitrogens is 2. The molecule has 1 amide bonds. The van der Waals surface area contributed by atoms with Gasteiger partial charge in [0.05, 0.1) is 22.5 Å². The van der Waals surface area contributed by atoms with Crippen molar-refractivity contribution in [2.45, 2.75) is 26.7 Å². The Balaban J connectivity index is 1.95. The van der Waals surface area contributed by atoms with Crippen LogP contribution in [0.3, 0.4) is 0 Å². The molecule has 0 aliphatic rings. The highest BCUT2D eigenvalue weighted by Gasteiger charge is 2.18. The molecule has 0 saturated heterocycles. The Hall–Kier alpha value is -3.00. The summed E-state index contributed by atoms with van der Waals surface area (Å²) in [5.41, 5.74) is 4.63. The number of halogens is 2. The minimum absolute atomic E-state index is 0.309. The molecule has 2 N–H and O–H groups in total. The Labute approximate surface area is 175 Å². The van der Waals surface area contributed by atoms with Crippen molar-refractivity contribution in [2.24, 2.45) is 5.10 Å². The van der Waals surface area contributed by atoms with Crippen LogP contribution in [0.5, 0.6) is 0 Å². The molecule has 0 unspecified atom stereocenters. The molecule has 0 aliphatic heterocycles. The first kappa shape index (κ1) is 20.7. The fourth-order valence-electron chi connectivity index (χ4n) is 2.95. The highest BCUT2D eigenvalue weighted by molar-refractivity contribution is 9.10. The van der Waals surface area contributed by atoms with Crippen LogP contribution in [0.25, 0.3) is 5.69 Å². The van der Waals surface area contributed by atoms with Gasteiger partial charge in [0.2, 0.25) is 0 Å². The summed E-state index contributed by atoms with van der Waals surface area (Å²) >= 11 is 3.33. The molecular formula is C21H20BrFN4O2. The Morgan fingerprint density at radius 3 is 2.55 bits per heavy atom. The number of benzene rings is 2. The molecule has 0 atom stereocenters. The van der Waals surface area contributed by atoms with Crippen LogP contribution in [0.2, 0.25) is 0 Å². The standard InChI is InChI=1S/C21H20BrFN4O2/c1-3-6-18-19(21(29)27(26-18)15-11-9-14(23)10-12-15)13(2)24-25-20(28)16-7-4-5-8-17(16)22/h4-5,7-12,26H,3,6H2,1-2H3,(H,25,28). The molecule has 0 spiro atoms. The maximum Gasteiger partial charge on any atom is 0.280 e. The second-order valence-electron chi connectivity index (χ2n) is 6.45. The number of H-pyrrole nitrogens is 1. The van der Waals surface area contributed by atoms with Gasteiger partial charge in [0.25, 0.3) is 11.5 Å². The van der Waals surface area contributed by atoms with Gasteiger partial charge in [0.1, 0.15) is 5.82 Å². The number of hydrogen-bond acceptors (Lipinski definition) is 3.